The average molecular weight is 309 g/mol. The normalized spacial score (nSPS) is 10.7. The Bertz CT molecular complexity index is 846. The summed E-state index contributed by atoms with van der Waals surface area (Å²) in [6, 6.07) is 11.6. The summed E-state index contributed by atoms with van der Waals surface area (Å²) in [6.45, 7) is 6.04. The summed E-state index contributed by atoms with van der Waals surface area (Å²) in [6.07, 6.45) is 1.67. The molecule has 0 saturated carbocycles. The van der Waals surface area contributed by atoms with Gasteiger partial charge >= 0.3 is 0 Å². The third-order valence-electron chi connectivity index (χ3n) is 3.65. The lowest BCUT2D eigenvalue weighted by molar-refractivity contribution is -0.117. The molecule has 118 valence electrons. The molecular formula is C17H19N5O. The fourth-order valence-corrected chi connectivity index (χ4v) is 2.54. The summed E-state index contributed by atoms with van der Waals surface area (Å²) >= 11 is 0. The van der Waals surface area contributed by atoms with Crippen molar-refractivity contribution < 1.29 is 4.79 Å². The van der Waals surface area contributed by atoms with E-state index in [0.29, 0.717) is 5.82 Å². The van der Waals surface area contributed by atoms with E-state index in [1.165, 1.54) is 0 Å². The van der Waals surface area contributed by atoms with Gasteiger partial charge < -0.3 is 5.32 Å². The fraction of sp³-hybridized carbons (Fsp3) is 0.235. The molecule has 23 heavy (non-hydrogen) atoms. The number of hydrogen-bond acceptors (Lipinski definition) is 3. The minimum atomic E-state index is -0.133. The van der Waals surface area contributed by atoms with Gasteiger partial charge in [-0.05, 0) is 38.5 Å². The molecule has 0 atom stereocenters. The van der Waals surface area contributed by atoms with Crippen molar-refractivity contribution in [3.8, 4) is 5.69 Å². The van der Waals surface area contributed by atoms with Crippen molar-refractivity contribution in [1.29, 1.82) is 0 Å². The van der Waals surface area contributed by atoms with Crippen LogP contribution in [0.4, 0.5) is 5.82 Å². The molecule has 1 aromatic carbocycles. The Morgan fingerprint density at radius 1 is 1.17 bits per heavy atom. The van der Waals surface area contributed by atoms with E-state index in [-0.39, 0.29) is 12.5 Å². The number of benzene rings is 1. The Labute approximate surface area is 134 Å². The number of carbonyl (C=O) groups is 1. The molecule has 3 rings (SSSR count). The summed E-state index contributed by atoms with van der Waals surface area (Å²) in [7, 11) is 0. The van der Waals surface area contributed by atoms with E-state index in [0.717, 1.165) is 22.6 Å². The van der Waals surface area contributed by atoms with Crippen LogP contribution in [0.25, 0.3) is 5.69 Å². The van der Waals surface area contributed by atoms with Gasteiger partial charge in [-0.3, -0.25) is 9.48 Å². The van der Waals surface area contributed by atoms with Gasteiger partial charge in [-0.25, -0.2) is 4.68 Å². The van der Waals surface area contributed by atoms with Crippen LogP contribution < -0.4 is 5.32 Å². The van der Waals surface area contributed by atoms with Gasteiger partial charge in [0.05, 0.1) is 17.6 Å². The smallest absolute Gasteiger partial charge is 0.247 e. The van der Waals surface area contributed by atoms with Gasteiger partial charge in [0.1, 0.15) is 12.4 Å². The lowest BCUT2D eigenvalue weighted by Crippen LogP contribution is -2.22. The van der Waals surface area contributed by atoms with E-state index >= 15 is 0 Å². The Hall–Kier alpha value is -2.89. The minimum absolute atomic E-state index is 0.133. The van der Waals surface area contributed by atoms with Crippen molar-refractivity contribution in [2.45, 2.75) is 27.3 Å². The number of rotatable bonds is 4. The van der Waals surface area contributed by atoms with Crippen LogP contribution >= 0.6 is 0 Å². The number of aryl methyl sites for hydroxylation is 3. The Morgan fingerprint density at radius 2 is 1.96 bits per heavy atom. The molecule has 0 saturated heterocycles. The standard InChI is InChI=1S/C17H19N5O/c1-12-6-4-5-7-15(12)22-16(8-9-18-22)19-17(23)11-21-14(3)10-13(2)20-21/h4-10H,11H2,1-3H3,(H,19,23). The highest BCUT2D eigenvalue weighted by molar-refractivity contribution is 5.90. The fourth-order valence-electron chi connectivity index (χ4n) is 2.54. The van der Waals surface area contributed by atoms with Crippen LogP contribution in [0.3, 0.4) is 0 Å². The minimum Gasteiger partial charge on any atom is -0.309 e. The molecule has 6 nitrogen and oxygen atoms in total. The lowest BCUT2D eigenvalue weighted by atomic mass is 10.2. The number of para-hydroxylation sites is 1. The Kier molecular flexibility index (Phi) is 3.97. The number of nitrogens with zero attached hydrogens (tertiary/aromatic N) is 4. The summed E-state index contributed by atoms with van der Waals surface area (Å²) < 4.78 is 3.42. The highest BCUT2D eigenvalue weighted by Crippen LogP contribution is 2.18. The van der Waals surface area contributed by atoms with Gasteiger partial charge in [-0.1, -0.05) is 18.2 Å². The van der Waals surface area contributed by atoms with Crippen LogP contribution in [0.5, 0.6) is 0 Å². The second-order valence-electron chi connectivity index (χ2n) is 5.55. The van der Waals surface area contributed by atoms with E-state index in [2.05, 4.69) is 15.5 Å². The van der Waals surface area contributed by atoms with E-state index < -0.39 is 0 Å². The first kappa shape index (κ1) is 15.0. The maximum atomic E-state index is 12.3. The number of carbonyl (C=O) groups excluding carboxylic acids is 1. The first-order valence-corrected chi connectivity index (χ1v) is 7.45. The summed E-state index contributed by atoms with van der Waals surface area (Å²) in [5, 5.41) is 11.5. The van der Waals surface area contributed by atoms with Gasteiger partial charge in [0.15, 0.2) is 0 Å². The summed E-state index contributed by atoms with van der Waals surface area (Å²) in [4.78, 5) is 12.3. The van der Waals surface area contributed by atoms with Crippen molar-refractivity contribution in [2.24, 2.45) is 0 Å². The van der Waals surface area contributed by atoms with Crippen LogP contribution in [-0.2, 0) is 11.3 Å². The average Bonchev–Trinajstić information content (AvgIpc) is 3.06. The second-order valence-corrected chi connectivity index (χ2v) is 5.55. The van der Waals surface area contributed by atoms with Gasteiger partial charge in [0.2, 0.25) is 5.91 Å². The molecule has 0 bridgehead atoms. The van der Waals surface area contributed by atoms with Gasteiger partial charge in [-0.2, -0.15) is 10.2 Å². The SMILES string of the molecule is Cc1cc(C)n(CC(=O)Nc2ccnn2-c2ccccc2C)n1. The van der Waals surface area contributed by atoms with Crippen molar-refractivity contribution in [3.05, 3.63) is 59.5 Å². The maximum Gasteiger partial charge on any atom is 0.247 e. The first-order valence-electron chi connectivity index (χ1n) is 7.45. The Morgan fingerprint density at radius 3 is 2.65 bits per heavy atom. The van der Waals surface area contributed by atoms with Crippen molar-refractivity contribution in [2.75, 3.05) is 5.32 Å². The summed E-state index contributed by atoms with van der Waals surface area (Å²) in [5.74, 6) is 0.511. The molecule has 0 radical (unpaired) electrons. The zero-order valence-corrected chi connectivity index (χ0v) is 13.4. The zero-order chi connectivity index (χ0) is 16.4. The molecule has 0 spiro atoms. The predicted octanol–water partition coefficient (Wildman–Crippen LogP) is 2.63. The highest BCUT2D eigenvalue weighted by Gasteiger charge is 2.12. The predicted molar refractivity (Wildman–Crippen MR) is 88.6 cm³/mol. The molecular weight excluding hydrogens is 290 g/mol. The number of amides is 1. The van der Waals surface area contributed by atoms with E-state index in [1.54, 1.807) is 21.6 Å². The molecule has 1 N–H and O–H groups in total. The number of hydrogen-bond donors (Lipinski definition) is 1. The number of aromatic nitrogens is 4. The second kappa shape index (κ2) is 6.08. The molecule has 6 heteroatoms. The lowest BCUT2D eigenvalue weighted by Gasteiger charge is -2.11. The van der Waals surface area contributed by atoms with Gasteiger partial charge in [0.25, 0.3) is 0 Å². The van der Waals surface area contributed by atoms with Crippen LogP contribution in [0.15, 0.2) is 42.6 Å². The van der Waals surface area contributed by atoms with Gasteiger partial charge in [-0.15, -0.1) is 0 Å². The third kappa shape index (κ3) is 3.15. The topological polar surface area (TPSA) is 64.7 Å². The molecule has 1 amide bonds. The first-order chi connectivity index (χ1) is 11.0. The Balaban J connectivity index is 1.79. The highest BCUT2D eigenvalue weighted by atomic mass is 16.2. The third-order valence-corrected chi connectivity index (χ3v) is 3.65. The van der Waals surface area contributed by atoms with Crippen LogP contribution in [0.1, 0.15) is 17.0 Å². The maximum absolute atomic E-state index is 12.3. The largest absolute Gasteiger partial charge is 0.309 e. The molecule has 0 fully saturated rings. The van der Waals surface area contributed by atoms with Crippen molar-refractivity contribution in [3.63, 3.8) is 0 Å². The van der Waals surface area contributed by atoms with Crippen LogP contribution in [-0.4, -0.2) is 25.5 Å². The number of anilines is 1. The number of nitrogens with one attached hydrogen (secondary N) is 1. The van der Waals surface area contributed by atoms with Gasteiger partial charge in [0, 0.05) is 11.8 Å². The zero-order valence-electron chi connectivity index (χ0n) is 13.4. The molecule has 2 heterocycles. The van der Waals surface area contributed by atoms with E-state index in [4.69, 9.17) is 0 Å². The summed E-state index contributed by atoms with van der Waals surface area (Å²) in [5.41, 5.74) is 3.90. The van der Waals surface area contributed by atoms with E-state index in [1.807, 2.05) is 51.1 Å². The van der Waals surface area contributed by atoms with Crippen molar-refractivity contribution in [1.82, 2.24) is 19.6 Å². The quantitative estimate of drug-likeness (QED) is 0.805. The van der Waals surface area contributed by atoms with Crippen LogP contribution in [0.2, 0.25) is 0 Å². The molecule has 2 aromatic heterocycles. The van der Waals surface area contributed by atoms with Crippen LogP contribution in [0, 0.1) is 20.8 Å². The van der Waals surface area contributed by atoms with Crippen molar-refractivity contribution >= 4 is 11.7 Å². The molecule has 0 aliphatic rings. The van der Waals surface area contributed by atoms with E-state index in [9.17, 15) is 4.79 Å². The molecule has 0 unspecified atom stereocenters. The monoisotopic (exact) mass is 309 g/mol. The molecule has 3 aromatic rings. The molecule has 0 aliphatic heterocycles. The molecule has 0 aliphatic carbocycles.